The van der Waals surface area contributed by atoms with Crippen LogP contribution in [0.25, 0.3) is 0 Å². The molecule has 0 heterocycles. The largest absolute Gasteiger partial charge is 0.385 e. The standard InChI is InChI=1S/C20H25FN4O3/c1-24(2)19(15-5-3-6-16(21)13-15)14-23-20(26)7-4-12-22-17-8-10-18(11-9-17)25(27)28/h3,5-6,8-11,13,19,22H,4,7,12,14H2,1-2H3,(H,23,26). The van der Waals surface area contributed by atoms with Gasteiger partial charge < -0.3 is 15.5 Å². The molecule has 7 nitrogen and oxygen atoms in total. The van der Waals surface area contributed by atoms with Gasteiger partial charge in [-0.15, -0.1) is 0 Å². The fraction of sp³-hybridized carbons (Fsp3) is 0.350. The average Bonchev–Trinajstić information content (AvgIpc) is 2.65. The third-order valence-electron chi connectivity index (χ3n) is 4.34. The van der Waals surface area contributed by atoms with Gasteiger partial charge in [0.1, 0.15) is 5.82 Å². The maximum absolute atomic E-state index is 13.5. The quantitative estimate of drug-likeness (QED) is 0.370. The number of nitro benzene ring substituents is 1. The lowest BCUT2D eigenvalue weighted by Crippen LogP contribution is -2.34. The molecular formula is C20H25FN4O3. The number of nitrogens with zero attached hydrogens (tertiary/aromatic N) is 2. The number of nitrogens with one attached hydrogen (secondary N) is 2. The maximum Gasteiger partial charge on any atom is 0.269 e. The number of nitro groups is 1. The molecule has 0 aliphatic rings. The van der Waals surface area contributed by atoms with E-state index in [9.17, 15) is 19.3 Å². The Morgan fingerprint density at radius 3 is 2.54 bits per heavy atom. The zero-order valence-electron chi connectivity index (χ0n) is 16.0. The zero-order chi connectivity index (χ0) is 20.5. The third kappa shape index (κ3) is 6.62. The second kappa shape index (κ2) is 10.4. The predicted molar refractivity (Wildman–Crippen MR) is 107 cm³/mol. The Kier molecular flexibility index (Phi) is 7.88. The summed E-state index contributed by atoms with van der Waals surface area (Å²) in [5.41, 5.74) is 1.62. The molecule has 2 aromatic rings. The van der Waals surface area contributed by atoms with E-state index in [-0.39, 0.29) is 23.5 Å². The highest BCUT2D eigenvalue weighted by Crippen LogP contribution is 2.18. The molecule has 28 heavy (non-hydrogen) atoms. The van der Waals surface area contributed by atoms with Gasteiger partial charge in [0.2, 0.25) is 5.91 Å². The second-order valence-corrected chi connectivity index (χ2v) is 6.67. The van der Waals surface area contributed by atoms with Gasteiger partial charge in [0.15, 0.2) is 0 Å². The van der Waals surface area contributed by atoms with Crippen molar-refractivity contribution in [3.05, 3.63) is 70.0 Å². The first kappa shape index (κ1) is 21.3. The van der Waals surface area contributed by atoms with E-state index in [1.165, 1.54) is 24.3 Å². The van der Waals surface area contributed by atoms with E-state index in [2.05, 4.69) is 10.6 Å². The van der Waals surface area contributed by atoms with Crippen molar-refractivity contribution in [3.8, 4) is 0 Å². The molecule has 0 fully saturated rings. The summed E-state index contributed by atoms with van der Waals surface area (Å²) in [5, 5.41) is 16.6. The highest BCUT2D eigenvalue weighted by molar-refractivity contribution is 5.75. The monoisotopic (exact) mass is 388 g/mol. The molecule has 0 aliphatic carbocycles. The third-order valence-corrected chi connectivity index (χ3v) is 4.34. The lowest BCUT2D eigenvalue weighted by molar-refractivity contribution is -0.384. The number of anilines is 1. The van der Waals surface area contributed by atoms with Crippen LogP contribution < -0.4 is 10.6 Å². The van der Waals surface area contributed by atoms with Gasteiger partial charge in [-0.3, -0.25) is 14.9 Å². The summed E-state index contributed by atoms with van der Waals surface area (Å²) in [6.45, 7) is 0.970. The number of carbonyl (C=O) groups excluding carboxylic acids is 1. The van der Waals surface area contributed by atoms with Crippen molar-refractivity contribution in [1.82, 2.24) is 10.2 Å². The number of non-ortho nitro benzene ring substituents is 1. The van der Waals surface area contributed by atoms with E-state index >= 15 is 0 Å². The molecule has 0 saturated carbocycles. The first-order valence-corrected chi connectivity index (χ1v) is 9.03. The van der Waals surface area contributed by atoms with E-state index in [1.807, 2.05) is 25.1 Å². The zero-order valence-corrected chi connectivity index (χ0v) is 16.0. The molecule has 0 aliphatic heterocycles. The maximum atomic E-state index is 13.5. The van der Waals surface area contributed by atoms with Crippen molar-refractivity contribution in [2.75, 3.05) is 32.5 Å². The Hall–Kier alpha value is -3.00. The molecule has 8 heteroatoms. The molecule has 0 aromatic heterocycles. The molecule has 1 amide bonds. The summed E-state index contributed by atoms with van der Waals surface area (Å²) in [5.74, 6) is -0.373. The van der Waals surface area contributed by atoms with Crippen molar-refractivity contribution in [2.24, 2.45) is 0 Å². The number of hydrogen-bond donors (Lipinski definition) is 2. The summed E-state index contributed by atoms with van der Waals surface area (Å²) >= 11 is 0. The van der Waals surface area contributed by atoms with Crippen molar-refractivity contribution in [1.29, 1.82) is 0 Å². The van der Waals surface area contributed by atoms with Crippen molar-refractivity contribution >= 4 is 17.3 Å². The Morgan fingerprint density at radius 1 is 1.21 bits per heavy atom. The van der Waals surface area contributed by atoms with Crippen LogP contribution in [-0.2, 0) is 4.79 Å². The van der Waals surface area contributed by atoms with Gasteiger partial charge in [-0.1, -0.05) is 12.1 Å². The lowest BCUT2D eigenvalue weighted by atomic mass is 10.1. The summed E-state index contributed by atoms with van der Waals surface area (Å²) in [6.07, 6.45) is 0.971. The van der Waals surface area contributed by atoms with Gasteiger partial charge in [0.05, 0.1) is 11.0 Å². The average molecular weight is 388 g/mol. The van der Waals surface area contributed by atoms with Gasteiger partial charge in [-0.2, -0.15) is 0 Å². The van der Waals surface area contributed by atoms with Crippen LogP contribution in [0.5, 0.6) is 0 Å². The van der Waals surface area contributed by atoms with Crippen LogP contribution in [-0.4, -0.2) is 42.9 Å². The predicted octanol–water partition coefficient (Wildman–Crippen LogP) is 3.35. The molecular weight excluding hydrogens is 363 g/mol. The normalized spacial score (nSPS) is 11.9. The molecule has 0 radical (unpaired) electrons. The van der Waals surface area contributed by atoms with Gasteiger partial charge in [0, 0.05) is 37.3 Å². The van der Waals surface area contributed by atoms with Crippen molar-refractivity contribution < 1.29 is 14.1 Å². The molecule has 0 spiro atoms. The molecule has 150 valence electrons. The second-order valence-electron chi connectivity index (χ2n) is 6.67. The van der Waals surface area contributed by atoms with Crippen molar-refractivity contribution in [2.45, 2.75) is 18.9 Å². The fourth-order valence-corrected chi connectivity index (χ4v) is 2.79. The molecule has 2 rings (SSSR count). The highest BCUT2D eigenvalue weighted by atomic mass is 19.1. The summed E-state index contributed by atoms with van der Waals surface area (Å²) in [6, 6.07) is 12.4. The van der Waals surface area contributed by atoms with Crippen LogP contribution in [0.15, 0.2) is 48.5 Å². The van der Waals surface area contributed by atoms with Crippen LogP contribution in [0.1, 0.15) is 24.4 Å². The molecule has 2 N–H and O–H groups in total. The van der Waals surface area contributed by atoms with E-state index in [1.54, 1.807) is 18.2 Å². The van der Waals surface area contributed by atoms with E-state index in [4.69, 9.17) is 0 Å². The molecule has 0 bridgehead atoms. The molecule has 0 saturated heterocycles. The highest BCUT2D eigenvalue weighted by Gasteiger charge is 2.15. The SMILES string of the molecule is CN(C)C(CNC(=O)CCCNc1ccc([N+](=O)[O-])cc1)c1cccc(F)c1. The molecule has 2 aromatic carbocycles. The van der Waals surface area contributed by atoms with Crippen LogP contribution in [0.3, 0.4) is 0 Å². The Morgan fingerprint density at radius 2 is 1.93 bits per heavy atom. The minimum absolute atomic E-state index is 0.0404. The van der Waals surface area contributed by atoms with E-state index in [0.29, 0.717) is 25.9 Å². The summed E-state index contributed by atoms with van der Waals surface area (Å²) in [7, 11) is 3.77. The van der Waals surface area contributed by atoms with E-state index in [0.717, 1.165) is 11.3 Å². The number of likely N-dealkylation sites (N-methyl/N-ethyl adjacent to an activating group) is 1. The van der Waals surface area contributed by atoms with Gasteiger partial charge >= 0.3 is 0 Å². The minimum Gasteiger partial charge on any atom is -0.385 e. The van der Waals surface area contributed by atoms with Crippen LogP contribution in [0.4, 0.5) is 15.8 Å². The molecule has 1 unspecified atom stereocenters. The smallest absolute Gasteiger partial charge is 0.269 e. The number of rotatable bonds is 10. The Labute approximate surface area is 163 Å². The summed E-state index contributed by atoms with van der Waals surface area (Å²) in [4.78, 5) is 24.2. The Balaban J connectivity index is 1.73. The van der Waals surface area contributed by atoms with Gasteiger partial charge in [-0.05, 0) is 50.3 Å². The van der Waals surface area contributed by atoms with Gasteiger partial charge in [-0.25, -0.2) is 4.39 Å². The van der Waals surface area contributed by atoms with E-state index < -0.39 is 4.92 Å². The Bertz CT molecular complexity index is 796. The number of amides is 1. The van der Waals surface area contributed by atoms with Gasteiger partial charge in [0.25, 0.3) is 5.69 Å². The number of hydrogen-bond acceptors (Lipinski definition) is 5. The lowest BCUT2D eigenvalue weighted by Gasteiger charge is -2.25. The first-order chi connectivity index (χ1) is 13.4. The van der Waals surface area contributed by atoms with Crippen LogP contribution >= 0.6 is 0 Å². The van der Waals surface area contributed by atoms with Crippen LogP contribution in [0.2, 0.25) is 0 Å². The molecule has 1 atom stereocenters. The summed E-state index contributed by atoms with van der Waals surface area (Å²) < 4.78 is 13.5. The van der Waals surface area contributed by atoms with Crippen molar-refractivity contribution in [3.63, 3.8) is 0 Å². The van der Waals surface area contributed by atoms with Crippen LogP contribution in [0, 0.1) is 15.9 Å². The topological polar surface area (TPSA) is 87.5 Å². The number of benzene rings is 2. The fourth-order valence-electron chi connectivity index (χ4n) is 2.79. The number of carbonyl (C=O) groups is 1. The first-order valence-electron chi connectivity index (χ1n) is 9.03. The minimum atomic E-state index is -0.445. The number of halogens is 1.